The molecule has 1 aliphatic heterocycles. The molecule has 3 heterocycles. The van der Waals surface area contributed by atoms with Crippen LogP contribution in [-0.4, -0.2) is 46.0 Å². The summed E-state index contributed by atoms with van der Waals surface area (Å²) in [6.45, 7) is 0.722. The van der Waals surface area contributed by atoms with Crippen molar-refractivity contribution in [1.29, 1.82) is 0 Å². The van der Waals surface area contributed by atoms with E-state index in [9.17, 15) is 19.5 Å². The number of pyridine rings is 1. The molecule has 6 rings (SSSR count). The molecule has 0 unspecified atom stereocenters. The van der Waals surface area contributed by atoms with Gasteiger partial charge in [0.15, 0.2) is 0 Å². The first-order valence-corrected chi connectivity index (χ1v) is 12.3. The first-order valence-electron chi connectivity index (χ1n) is 12.3. The van der Waals surface area contributed by atoms with E-state index in [2.05, 4.69) is 10.3 Å². The number of likely N-dealkylation sites (tertiary alicyclic amines) is 1. The van der Waals surface area contributed by atoms with Crippen LogP contribution in [0.3, 0.4) is 0 Å². The lowest BCUT2D eigenvalue weighted by Crippen LogP contribution is -2.51. The Hall–Kier alpha value is -4.30. The molecule has 4 aromatic rings. The number of aliphatic hydroxyl groups is 1. The van der Waals surface area contributed by atoms with Crippen LogP contribution in [0, 0.1) is 0 Å². The summed E-state index contributed by atoms with van der Waals surface area (Å²) in [6.07, 6.45) is 3.21. The van der Waals surface area contributed by atoms with Gasteiger partial charge >= 0.3 is 5.63 Å². The summed E-state index contributed by atoms with van der Waals surface area (Å²) in [5, 5.41) is 15.3. The standard InChI is InChI=1S/C29H25N3O5/c33-25-24(31-26(34)19-7-5-13-30-17-19)20-8-2-3-9-22(20)29(25)11-14-32(15-12-29)27(35)21-16-18-6-1-4-10-23(18)37-28(21)36/h1-10,13,16-17,24-25,33H,11-12,14-15H2,(H,31,34)/t24-,25+/m1/s1. The largest absolute Gasteiger partial charge is 0.422 e. The highest BCUT2D eigenvalue weighted by atomic mass is 16.4. The number of hydrogen-bond donors (Lipinski definition) is 2. The molecule has 8 nitrogen and oxygen atoms in total. The maximum Gasteiger partial charge on any atom is 0.349 e. The Labute approximate surface area is 212 Å². The minimum atomic E-state index is -0.867. The fourth-order valence-corrected chi connectivity index (χ4v) is 5.80. The predicted molar refractivity (Wildman–Crippen MR) is 136 cm³/mol. The number of nitrogens with zero attached hydrogens (tertiary/aromatic N) is 2. The van der Waals surface area contributed by atoms with Crippen LogP contribution in [0.25, 0.3) is 11.0 Å². The summed E-state index contributed by atoms with van der Waals surface area (Å²) in [7, 11) is 0. The van der Waals surface area contributed by atoms with Gasteiger partial charge in [-0.3, -0.25) is 14.6 Å². The van der Waals surface area contributed by atoms with Gasteiger partial charge < -0.3 is 19.7 Å². The molecule has 186 valence electrons. The van der Waals surface area contributed by atoms with Crippen molar-refractivity contribution in [2.75, 3.05) is 13.1 Å². The minimum absolute atomic E-state index is 0.00336. The zero-order valence-corrected chi connectivity index (χ0v) is 20.0. The monoisotopic (exact) mass is 495 g/mol. The smallest absolute Gasteiger partial charge is 0.349 e. The van der Waals surface area contributed by atoms with Gasteiger partial charge in [-0.05, 0) is 48.2 Å². The third-order valence-corrected chi connectivity index (χ3v) is 7.74. The molecule has 2 aromatic heterocycles. The quantitative estimate of drug-likeness (QED) is 0.422. The zero-order valence-electron chi connectivity index (χ0n) is 20.0. The summed E-state index contributed by atoms with van der Waals surface area (Å²) in [5.41, 5.74) is 1.44. The lowest BCUT2D eigenvalue weighted by molar-refractivity contribution is 0.0198. The van der Waals surface area contributed by atoms with Crippen molar-refractivity contribution >= 4 is 22.8 Å². The Morgan fingerprint density at radius 1 is 1.03 bits per heavy atom. The Balaban J connectivity index is 1.25. The van der Waals surface area contributed by atoms with E-state index in [1.807, 2.05) is 30.3 Å². The van der Waals surface area contributed by atoms with Gasteiger partial charge in [0.1, 0.15) is 11.1 Å². The minimum Gasteiger partial charge on any atom is -0.422 e. The number of aliphatic hydroxyl groups excluding tert-OH is 1. The number of carbonyl (C=O) groups is 2. The average Bonchev–Trinajstić information content (AvgIpc) is 3.16. The molecular formula is C29H25N3O5. The van der Waals surface area contributed by atoms with Crippen molar-refractivity contribution in [2.24, 2.45) is 0 Å². The number of piperidine rings is 1. The molecule has 2 atom stereocenters. The van der Waals surface area contributed by atoms with Gasteiger partial charge in [-0.25, -0.2) is 4.79 Å². The van der Waals surface area contributed by atoms with Crippen molar-refractivity contribution in [1.82, 2.24) is 15.2 Å². The second-order valence-corrected chi connectivity index (χ2v) is 9.66. The van der Waals surface area contributed by atoms with Gasteiger partial charge in [-0.15, -0.1) is 0 Å². The number of aromatic nitrogens is 1. The fraction of sp³-hybridized carbons (Fsp3) is 0.241. The topological polar surface area (TPSA) is 113 Å². The number of rotatable bonds is 3. The van der Waals surface area contributed by atoms with Crippen LogP contribution in [0.4, 0.5) is 0 Å². The second-order valence-electron chi connectivity index (χ2n) is 9.66. The Morgan fingerprint density at radius 2 is 1.78 bits per heavy atom. The van der Waals surface area contributed by atoms with E-state index >= 15 is 0 Å². The second kappa shape index (κ2) is 8.97. The van der Waals surface area contributed by atoms with Gasteiger partial charge in [0, 0.05) is 36.3 Å². The van der Waals surface area contributed by atoms with E-state index in [1.54, 1.807) is 47.5 Å². The van der Waals surface area contributed by atoms with Gasteiger partial charge in [-0.1, -0.05) is 42.5 Å². The molecule has 37 heavy (non-hydrogen) atoms. The van der Waals surface area contributed by atoms with Gasteiger partial charge in [0.2, 0.25) is 0 Å². The van der Waals surface area contributed by atoms with Gasteiger partial charge in [-0.2, -0.15) is 0 Å². The van der Waals surface area contributed by atoms with Gasteiger partial charge in [0.05, 0.1) is 17.7 Å². The van der Waals surface area contributed by atoms with Crippen molar-refractivity contribution in [3.05, 3.63) is 112 Å². The molecule has 8 heteroatoms. The van der Waals surface area contributed by atoms with E-state index in [0.29, 0.717) is 42.5 Å². The maximum absolute atomic E-state index is 13.3. The van der Waals surface area contributed by atoms with E-state index in [1.165, 1.54) is 6.20 Å². The van der Waals surface area contributed by atoms with E-state index in [4.69, 9.17) is 4.42 Å². The van der Waals surface area contributed by atoms with Crippen molar-refractivity contribution in [3.63, 3.8) is 0 Å². The molecule has 1 saturated heterocycles. The molecule has 0 saturated carbocycles. The summed E-state index contributed by atoms with van der Waals surface area (Å²) >= 11 is 0. The number of para-hydroxylation sites is 1. The molecule has 2 aromatic carbocycles. The number of benzene rings is 2. The highest BCUT2D eigenvalue weighted by Gasteiger charge is 2.53. The van der Waals surface area contributed by atoms with Crippen molar-refractivity contribution in [3.8, 4) is 0 Å². The van der Waals surface area contributed by atoms with Crippen molar-refractivity contribution in [2.45, 2.75) is 30.4 Å². The molecule has 0 bridgehead atoms. The molecule has 1 fully saturated rings. The van der Waals surface area contributed by atoms with Crippen LogP contribution >= 0.6 is 0 Å². The average molecular weight is 496 g/mol. The molecular weight excluding hydrogens is 470 g/mol. The Bertz CT molecular complexity index is 1560. The third-order valence-electron chi connectivity index (χ3n) is 7.74. The molecule has 1 spiro atoms. The number of amides is 2. The van der Waals surface area contributed by atoms with Crippen LogP contribution < -0.4 is 10.9 Å². The molecule has 2 N–H and O–H groups in total. The van der Waals surface area contributed by atoms with Crippen LogP contribution in [0.5, 0.6) is 0 Å². The lowest BCUT2D eigenvalue weighted by atomic mass is 9.72. The molecule has 0 radical (unpaired) electrons. The first-order chi connectivity index (χ1) is 18.0. The van der Waals surface area contributed by atoms with E-state index < -0.39 is 23.2 Å². The highest BCUT2D eigenvalue weighted by Crippen LogP contribution is 2.51. The number of nitrogens with one attached hydrogen (secondary N) is 1. The first kappa shape index (κ1) is 23.1. The summed E-state index contributed by atoms with van der Waals surface area (Å²) in [4.78, 5) is 44.4. The highest BCUT2D eigenvalue weighted by molar-refractivity contribution is 5.97. The number of hydrogen-bond acceptors (Lipinski definition) is 6. The fourth-order valence-electron chi connectivity index (χ4n) is 5.80. The number of carbonyl (C=O) groups excluding carboxylic acids is 2. The van der Waals surface area contributed by atoms with Crippen LogP contribution in [0.2, 0.25) is 0 Å². The number of fused-ring (bicyclic) bond motifs is 3. The van der Waals surface area contributed by atoms with E-state index in [-0.39, 0.29) is 17.4 Å². The van der Waals surface area contributed by atoms with Crippen LogP contribution in [-0.2, 0) is 5.41 Å². The van der Waals surface area contributed by atoms with Crippen LogP contribution in [0.15, 0.2) is 88.3 Å². The molecule has 2 aliphatic rings. The molecule has 2 amide bonds. The summed E-state index contributed by atoms with van der Waals surface area (Å²) in [6, 6.07) is 19.2. The normalized spacial score (nSPS) is 20.1. The lowest BCUT2D eigenvalue weighted by Gasteiger charge is -2.42. The van der Waals surface area contributed by atoms with Crippen molar-refractivity contribution < 1.29 is 19.1 Å². The third kappa shape index (κ3) is 3.81. The predicted octanol–water partition coefficient (Wildman–Crippen LogP) is 3.21. The Kier molecular flexibility index (Phi) is 5.61. The molecule has 1 aliphatic carbocycles. The van der Waals surface area contributed by atoms with Crippen LogP contribution in [0.1, 0.15) is 50.7 Å². The summed E-state index contributed by atoms with van der Waals surface area (Å²) < 4.78 is 5.36. The van der Waals surface area contributed by atoms with Gasteiger partial charge in [0.25, 0.3) is 11.8 Å². The zero-order chi connectivity index (χ0) is 25.6. The maximum atomic E-state index is 13.3. The summed E-state index contributed by atoms with van der Waals surface area (Å²) in [5.74, 6) is -0.684. The van der Waals surface area contributed by atoms with E-state index in [0.717, 1.165) is 11.1 Å². The SMILES string of the molecule is O=C(N[C@@H]1c2ccccc2C2(CCN(C(=O)c3cc4ccccc4oc3=O)CC2)[C@H]1O)c1cccnc1. The Morgan fingerprint density at radius 3 is 2.57 bits per heavy atom.